The van der Waals surface area contributed by atoms with Gasteiger partial charge in [0.15, 0.2) is 0 Å². The van der Waals surface area contributed by atoms with Crippen LogP contribution in [0, 0.1) is 3.57 Å². The van der Waals surface area contributed by atoms with Crippen LogP contribution in [-0.2, 0) is 0 Å². The van der Waals surface area contributed by atoms with Crippen molar-refractivity contribution in [1.82, 2.24) is 10.2 Å². The van der Waals surface area contributed by atoms with Gasteiger partial charge >= 0.3 is 0 Å². The van der Waals surface area contributed by atoms with E-state index in [4.69, 9.17) is 0 Å². The predicted octanol–water partition coefficient (Wildman–Crippen LogP) is 3.27. The van der Waals surface area contributed by atoms with Gasteiger partial charge in [0, 0.05) is 20.6 Å². The summed E-state index contributed by atoms with van der Waals surface area (Å²) in [5, 5.41) is 3.06. The Labute approximate surface area is 136 Å². The fourth-order valence-corrected chi connectivity index (χ4v) is 3.44. The molecule has 0 saturated carbocycles. The van der Waals surface area contributed by atoms with Crippen molar-refractivity contribution in [3.8, 4) is 0 Å². The molecule has 1 aromatic rings. The summed E-state index contributed by atoms with van der Waals surface area (Å²) in [6, 6.07) is 6.31. The molecule has 0 aliphatic carbocycles. The minimum absolute atomic E-state index is 0.00773. The fourth-order valence-electron chi connectivity index (χ4n) is 2.52. The highest BCUT2D eigenvalue weighted by molar-refractivity contribution is 14.1. The summed E-state index contributed by atoms with van der Waals surface area (Å²) in [6.07, 6.45) is 2.42. The maximum atomic E-state index is 12.2. The van der Waals surface area contributed by atoms with Crippen molar-refractivity contribution in [3.63, 3.8) is 0 Å². The average Bonchev–Trinajstić information content (AvgIpc) is 2.86. The number of benzene rings is 1. The van der Waals surface area contributed by atoms with Gasteiger partial charge in [-0.3, -0.25) is 9.69 Å². The summed E-state index contributed by atoms with van der Waals surface area (Å²) < 4.78 is 1.92. The third-order valence-corrected chi connectivity index (χ3v) is 4.94. The number of likely N-dealkylation sites (tertiary alicyclic amines) is 1. The third-order valence-electron chi connectivity index (χ3n) is 3.58. The average molecular weight is 437 g/mol. The molecule has 1 aromatic carbocycles. The lowest BCUT2D eigenvalue weighted by Gasteiger charge is -2.23. The lowest BCUT2D eigenvalue weighted by atomic mass is 10.2. The molecule has 0 bridgehead atoms. The Balaban J connectivity index is 1.96. The molecule has 104 valence electrons. The van der Waals surface area contributed by atoms with Crippen molar-refractivity contribution < 1.29 is 4.79 Å². The van der Waals surface area contributed by atoms with Crippen molar-refractivity contribution in [2.45, 2.75) is 25.8 Å². The molecular weight excluding hydrogens is 419 g/mol. The van der Waals surface area contributed by atoms with E-state index in [2.05, 4.69) is 55.7 Å². The van der Waals surface area contributed by atoms with Gasteiger partial charge < -0.3 is 5.32 Å². The SMILES string of the molecule is CCN1CCCC1CNC(=O)c1cc(I)ccc1Br. The Morgan fingerprint density at radius 1 is 1.58 bits per heavy atom. The van der Waals surface area contributed by atoms with Gasteiger partial charge in [-0.15, -0.1) is 0 Å². The van der Waals surface area contributed by atoms with E-state index in [0.29, 0.717) is 11.6 Å². The third kappa shape index (κ3) is 3.92. The molecule has 0 spiro atoms. The van der Waals surface area contributed by atoms with E-state index >= 15 is 0 Å². The van der Waals surface area contributed by atoms with Gasteiger partial charge in [0.1, 0.15) is 0 Å². The number of hydrogen-bond donors (Lipinski definition) is 1. The fraction of sp³-hybridized carbons (Fsp3) is 0.500. The first kappa shape index (κ1) is 15.3. The standard InChI is InChI=1S/C14H18BrIN2O/c1-2-18-7-3-4-11(18)9-17-14(19)12-8-10(16)5-6-13(12)15/h5-6,8,11H,2-4,7,9H2,1H3,(H,17,19). The van der Waals surface area contributed by atoms with Gasteiger partial charge in [-0.25, -0.2) is 0 Å². The normalized spacial score (nSPS) is 19.6. The van der Waals surface area contributed by atoms with E-state index in [1.807, 2.05) is 18.2 Å². The number of carbonyl (C=O) groups excluding carboxylic acids is 1. The van der Waals surface area contributed by atoms with Crippen molar-refractivity contribution >= 4 is 44.4 Å². The molecule has 1 aliphatic rings. The molecule has 3 nitrogen and oxygen atoms in total. The van der Waals surface area contributed by atoms with Crippen LogP contribution < -0.4 is 5.32 Å². The molecule has 2 rings (SSSR count). The number of amides is 1. The van der Waals surface area contributed by atoms with Gasteiger partial charge in [-0.2, -0.15) is 0 Å². The van der Waals surface area contributed by atoms with Gasteiger partial charge in [-0.1, -0.05) is 6.92 Å². The van der Waals surface area contributed by atoms with Crippen molar-refractivity contribution in [3.05, 3.63) is 31.8 Å². The molecule has 19 heavy (non-hydrogen) atoms. The summed E-state index contributed by atoms with van der Waals surface area (Å²) in [7, 11) is 0. The van der Waals surface area contributed by atoms with E-state index in [-0.39, 0.29) is 5.91 Å². The lowest BCUT2D eigenvalue weighted by molar-refractivity contribution is 0.0940. The first-order valence-electron chi connectivity index (χ1n) is 6.59. The van der Waals surface area contributed by atoms with Crippen LogP contribution in [-0.4, -0.2) is 36.5 Å². The molecule has 1 fully saturated rings. The lowest BCUT2D eigenvalue weighted by Crippen LogP contribution is -2.40. The highest BCUT2D eigenvalue weighted by atomic mass is 127. The number of hydrogen-bond acceptors (Lipinski definition) is 2. The molecule has 1 heterocycles. The van der Waals surface area contributed by atoms with E-state index in [9.17, 15) is 4.79 Å². The predicted molar refractivity (Wildman–Crippen MR) is 89.5 cm³/mol. The van der Waals surface area contributed by atoms with Crippen LogP contribution >= 0.6 is 38.5 Å². The second kappa shape index (κ2) is 7.04. The van der Waals surface area contributed by atoms with Gasteiger partial charge in [0.25, 0.3) is 5.91 Å². The van der Waals surface area contributed by atoms with E-state index in [1.54, 1.807) is 0 Å². The Hall–Kier alpha value is -0.140. The second-order valence-corrected chi connectivity index (χ2v) is 6.86. The summed E-state index contributed by atoms with van der Waals surface area (Å²) in [5.41, 5.74) is 0.716. The molecule has 1 unspecified atom stereocenters. The van der Waals surface area contributed by atoms with Gasteiger partial charge in [0.05, 0.1) is 5.56 Å². The zero-order chi connectivity index (χ0) is 13.8. The number of halogens is 2. The first-order valence-corrected chi connectivity index (χ1v) is 8.46. The van der Waals surface area contributed by atoms with Crippen LogP contribution in [0.5, 0.6) is 0 Å². The maximum Gasteiger partial charge on any atom is 0.252 e. The summed E-state index contributed by atoms with van der Waals surface area (Å²) in [4.78, 5) is 14.6. The Kier molecular flexibility index (Phi) is 5.65. The van der Waals surface area contributed by atoms with Crippen molar-refractivity contribution in [2.24, 2.45) is 0 Å². The van der Waals surface area contributed by atoms with Crippen LogP contribution in [0.2, 0.25) is 0 Å². The quantitative estimate of drug-likeness (QED) is 0.734. The first-order chi connectivity index (χ1) is 9.11. The maximum absolute atomic E-state index is 12.2. The minimum atomic E-state index is 0.00773. The minimum Gasteiger partial charge on any atom is -0.350 e. The van der Waals surface area contributed by atoms with Crippen molar-refractivity contribution in [1.29, 1.82) is 0 Å². The second-order valence-electron chi connectivity index (χ2n) is 4.76. The number of nitrogens with zero attached hydrogens (tertiary/aromatic N) is 1. The number of nitrogens with one attached hydrogen (secondary N) is 1. The molecule has 1 atom stereocenters. The Morgan fingerprint density at radius 2 is 2.37 bits per heavy atom. The van der Waals surface area contributed by atoms with Crippen molar-refractivity contribution in [2.75, 3.05) is 19.6 Å². The molecule has 1 N–H and O–H groups in total. The molecular formula is C14H18BrIN2O. The Bertz CT molecular complexity index is 467. The van der Waals surface area contributed by atoms with Crippen LogP contribution in [0.4, 0.5) is 0 Å². The largest absolute Gasteiger partial charge is 0.350 e. The zero-order valence-corrected chi connectivity index (χ0v) is 14.7. The smallest absolute Gasteiger partial charge is 0.252 e. The molecule has 1 amide bonds. The highest BCUT2D eigenvalue weighted by Crippen LogP contribution is 2.20. The Morgan fingerprint density at radius 3 is 3.11 bits per heavy atom. The molecule has 1 saturated heterocycles. The number of carbonyl (C=O) groups is 1. The van der Waals surface area contributed by atoms with Crippen LogP contribution in [0.3, 0.4) is 0 Å². The molecule has 1 aliphatic heterocycles. The van der Waals surface area contributed by atoms with Crippen LogP contribution in [0.25, 0.3) is 0 Å². The van der Waals surface area contributed by atoms with Gasteiger partial charge in [0.2, 0.25) is 0 Å². The van der Waals surface area contributed by atoms with E-state index in [0.717, 1.165) is 27.7 Å². The molecule has 0 aromatic heterocycles. The number of rotatable bonds is 4. The van der Waals surface area contributed by atoms with E-state index in [1.165, 1.54) is 12.8 Å². The summed E-state index contributed by atoms with van der Waals surface area (Å²) in [5.74, 6) is 0.00773. The monoisotopic (exact) mass is 436 g/mol. The number of likely N-dealkylation sites (N-methyl/N-ethyl adjacent to an activating group) is 1. The van der Waals surface area contributed by atoms with E-state index < -0.39 is 0 Å². The summed E-state index contributed by atoms with van der Waals surface area (Å²) in [6.45, 7) is 5.14. The topological polar surface area (TPSA) is 32.3 Å². The van der Waals surface area contributed by atoms with Crippen LogP contribution in [0.15, 0.2) is 22.7 Å². The highest BCUT2D eigenvalue weighted by Gasteiger charge is 2.23. The molecule has 0 radical (unpaired) electrons. The van der Waals surface area contributed by atoms with Gasteiger partial charge in [-0.05, 0) is 82.7 Å². The summed E-state index contributed by atoms with van der Waals surface area (Å²) >= 11 is 5.66. The molecule has 5 heteroatoms. The zero-order valence-electron chi connectivity index (χ0n) is 11.0. The van der Waals surface area contributed by atoms with Crippen LogP contribution in [0.1, 0.15) is 30.1 Å².